The van der Waals surface area contributed by atoms with Gasteiger partial charge in [0.25, 0.3) is 0 Å². The Morgan fingerprint density at radius 3 is 2.17 bits per heavy atom. The fourth-order valence-electron chi connectivity index (χ4n) is 0.642. The molecule has 0 atom stereocenters. The maximum Gasteiger partial charge on any atom is 0.225 e. The van der Waals surface area contributed by atoms with Gasteiger partial charge in [-0.1, -0.05) is 15.9 Å². The van der Waals surface area contributed by atoms with Gasteiger partial charge in [-0.3, -0.25) is 4.79 Å². The third-order valence-corrected chi connectivity index (χ3v) is 1.58. The van der Waals surface area contributed by atoms with Crippen LogP contribution < -0.4 is 0 Å². The molecule has 0 aromatic carbocycles. The molecular formula is C7H8BrN3O. The SMILES string of the molecule is N#CCN(CC#N)C(=O)CCBr. The molecule has 0 saturated heterocycles. The molecule has 0 bridgehead atoms. The minimum absolute atomic E-state index is 0.0145. The van der Waals surface area contributed by atoms with Crippen LogP contribution in [-0.4, -0.2) is 29.2 Å². The highest BCUT2D eigenvalue weighted by atomic mass is 79.9. The lowest BCUT2D eigenvalue weighted by atomic mass is 10.4. The molecule has 0 aliphatic rings. The fraction of sp³-hybridized carbons (Fsp3) is 0.571. The van der Waals surface area contributed by atoms with Gasteiger partial charge in [0.15, 0.2) is 0 Å². The van der Waals surface area contributed by atoms with Gasteiger partial charge in [0.05, 0.1) is 12.1 Å². The average Bonchev–Trinajstić information content (AvgIpc) is 2.04. The molecule has 0 spiro atoms. The Kier molecular flexibility index (Phi) is 6.04. The maximum atomic E-state index is 11.1. The molecule has 12 heavy (non-hydrogen) atoms. The van der Waals surface area contributed by atoms with E-state index in [2.05, 4.69) is 15.9 Å². The number of alkyl halides is 1. The van der Waals surface area contributed by atoms with E-state index in [9.17, 15) is 4.79 Å². The van der Waals surface area contributed by atoms with Crippen LogP contribution in [0.25, 0.3) is 0 Å². The van der Waals surface area contributed by atoms with Crippen molar-refractivity contribution >= 4 is 21.8 Å². The van der Waals surface area contributed by atoms with Gasteiger partial charge in [-0.25, -0.2) is 0 Å². The summed E-state index contributed by atoms with van der Waals surface area (Å²) in [5, 5.41) is 17.2. The third kappa shape index (κ3) is 3.95. The summed E-state index contributed by atoms with van der Waals surface area (Å²) in [6.45, 7) is -0.0290. The van der Waals surface area contributed by atoms with E-state index in [1.165, 1.54) is 4.90 Å². The second-order valence-electron chi connectivity index (χ2n) is 2.01. The van der Waals surface area contributed by atoms with Gasteiger partial charge in [-0.05, 0) is 0 Å². The minimum Gasteiger partial charge on any atom is -0.316 e. The number of carbonyl (C=O) groups is 1. The zero-order chi connectivity index (χ0) is 9.40. The number of nitrogens with zero attached hydrogens (tertiary/aromatic N) is 3. The molecule has 0 aromatic rings. The minimum atomic E-state index is -0.171. The van der Waals surface area contributed by atoms with Crippen LogP contribution in [0.5, 0.6) is 0 Å². The summed E-state index contributed by atoms with van der Waals surface area (Å²) in [6.07, 6.45) is 0.323. The predicted octanol–water partition coefficient (Wildman–Crippen LogP) is 0.647. The number of rotatable bonds is 4. The van der Waals surface area contributed by atoms with Crippen molar-refractivity contribution in [2.24, 2.45) is 0 Å². The van der Waals surface area contributed by atoms with Gasteiger partial charge in [0, 0.05) is 11.8 Å². The third-order valence-electron chi connectivity index (χ3n) is 1.18. The Morgan fingerprint density at radius 1 is 1.33 bits per heavy atom. The smallest absolute Gasteiger partial charge is 0.225 e. The molecule has 5 heteroatoms. The van der Waals surface area contributed by atoms with Crippen molar-refractivity contribution in [1.29, 1.82) is 10.5 Å². The molecule has 0 aliphatic heterocycles. The first-order chi connectivity index (χ1) is 5.76. The van der Waals surface area contributed by atoms with Gasteiger partial charge in [-0.2, -0.15) is 10.5 Å². The monoisotopic (exact) mass is 229 g/mol. The normalized spacial score (nSPS) is 8.25. The molecule has 0 heterocycles. The first kappa shape index (κ1) is 10.9. The van der Waals surface area contributed by atoms with Gasteiger partial charge < -0.3 is 4.90 Å². The lowest BCUT2D eigenvalue weighted by Crippen LogP contribution is -2.31. The zero-order valence-corrected chi connectivity index (χ0v) is 8.04. The highest BCUT2D eigenvalue weighted by Crippen LogP contribution is 1.96. The van der Waals surface area contributed by atoms with Gasteiger partial charge in [0.2, 0.25) is 5.91 Å². The number of halogens is 1. The van der Waals surface area contributed by atoms with Crippen molar-refractivity contribution in [3.05, 3.63) is 0 Å². The van der Waals surface area contributed by atoms with Crippen molar-refractivity contribution in [2.75, 3.05) is 18.4 Å². The van der Waals surface area contributed by atoms with Crippen LogP contribution in [0.15, 0.2) is 0 Å². The molecule has 64 valence electrons. The quantitative estimate of drug-likeness (QED) is 0.525. The summed E-state index contributed by atoms with van der Waals surface area (Å²) in [5.74, 6) is -0.171. The highest BCUT2D eigenvalue weighted by molar-refractivity contribution is 9.09. The Labute approximate surface area is 79.5 Å². The van der Waals surface area contributed by atoms with Crippen LogP contribution in [0.1, 0.15) is 6.42 Å². The van der Waals surface area contributed by atoms with Crippen molar-refractivity contribution in [3.63, 3.8) is 0 Å². The van der Waals surface area contributed by atoms with E-state index >= 15 is 0 Å². The van der Waals surface area contributed by atoms with Crippen LogP contribution in [-0.2, 0) is 4.79 Å². The molecule has 0 fully saturated rings. The predicted molar refractivity (Wildman–Crippen MR) is 46.2 cm³/mol. The summed E-state index contributed by atoms with van der Waals surface area (Å²) in [5.41, 5.74) is 0. The van der Waals surface area contributed by atoms with Crippen molar-refractivity contribution in [3.8, 4) is 12.1 Å². The number of carbonyl (C=O) groups excluding carboxylic acids is 1. The lowest BCUT2D eigenvalue weighted by molar-refractivity contribution is -0.129. The second kappa shape index (κ2) is 6.63. The molecule has 0 rings (SSSR count). The maximum absolute atomic E-state index is 11.1. The molecule has 0 aromatic heterocycles. The molecule has 0 unspecified atom stereocenters. The molecule has 0 radical (unpaired) electrons. The van der Waals surface area contributed by atoms with Crippen molar-refractivity contribution < 1.29 is 4.79 Å². The fourth-order valence-corrected chi connectivity index (χ4v) is 0.981. The number of nitriles is 2. The zero-order valence-electron chi connectivity index (χ0n) is 6.46. The molecule has 1 amide bonds. The standard InChI is InChI=1S/C7H8BrN3O/c8-2-1-7(12)11(5-3-9)6-4-10/h1-2,5-6H2. The largest absolute Gasteiger partial charge is 0.316 e. The van der Waals surface area contributed by atoms with Gasteiger partial charge in [-0.15, -0.1) is 0 Å². The Morgan fingerprint density at radius 2 is 1.83 bits per heavy atom. The Hall–Kier alpha value is -1.07. The van der Waals surface area contributed by atoms with Gasteiger partial charge >= 0.3 is 0 Å². The van der Waals surface area contributed by atoms with E-state index < -0.39 is 0 Å². The Bertz CT molecular complexity index is 212. The van der Waals surface area contributed by atoms with E-state index in [1.54, 1.807) is 0 Å². The van der Waals surface area contributed by atoms with Crippen LogP contribution in [0.3, 0.4) is 0 Å². The van der Waals surface area contributed by atoms with E-state index in [0.29, 0.717) is 11.8 Å². The number of amides is 1. The second-order valence-corrected chi connectivity index (χ2v) is 2.80. The van der Waals surface area contributed by atoms with E-state index in [0.717, 1.165) is 0 Å². The van der Waals surface area contributed by atoms with Crippen LogP contribution in [0.4, 0.5) is 0 Å². The highest BCUT2D eigenvalue weighted by Gasteiger charge is 2.10. The summed E-state index contributed by atoms with van der Waals surface area (Å²) in [6, 6.07) is 3.66. The molecule has 0 N–H and O–H groups in total. The summed E-state index contributed by atoms with van der Waals surface area (Å²) in [4.78, 5) is 12.3. The van der Waals surface area contributed by atoms with E-state index in [1.807, 2.05) is 12.1 Å². The van der Waals surface area contributed by atoms with Gasteiger partial charge in [0.1, 0.15) is 13.1 Å². The molecular weight excluding hydrogens is 222 g/mol. The van der Waals surface area contributed by atoms with E-state index in [-0.39, 0.29) is 19.0 Å². The van der Waals surface area contributed by atoms with Crippen LogP contribution in [0, 0.1) is 22.7 Å². The Balaban J connectivity index is 4.03. The number of hydrogen-bond donors (Lipinski definition) is 0. The first-order valence-electron chi connectivity index (χ1n) is 3.34. The summed E-state index contributed by atoms with van der Waals surface area (Å²) >= 11 is 3.11. The molecule has 0 saturated carbocycles. The molecule has 0 aliphatic carbocycles. The van der Waals surface area contributed by atoms with E-state index in [4.69, 9.17) is 10.5 Å². The van der Waals surface area contributed by atoms with Crippen LogP contribution >= 0.6 is 15.9 Å². The number of hydrogen-bond acceptors (Lipinski definition) is 3. The summed E-state index contributed by atoms with van der Waals surface area (Å²) in [7, 11) is 0. The van der Waals surface area contributed by atoms with Crippen molar-refractivity contribution in [2.45, 2.75) is 6.42 Å². The first-order valence-corrected chi connectivity index (χ1v) is 4.46. The van der Waals surface area contributed by atoms with Crippen LogP contribution in [0.2, 0.25) is 0 Å². The average molecular weight is 230 g/mol. The summed E-state index contributed by atoms with van der Waals surface area (Å²) < 4.78 is 0. The van der Waals surface area contributed by atoms with Crippen molar-refractivity contribution in [1.82, 2.24) is 4.90 Å². The lowest BCUT2D eigenvalue weighted by Gasteiger charge is -2.14. The molecule has 4 nitrogen and oxygen atoms in total. The topological polar surface area (TPSA) is 67.9 Å².